The SMILES string of the molecule is C=C1/C=C\C(N(C)c2ccc(N(C)C)cc2)=C/CCC[C@@H]1CNc1cnccc1C(=O)O. The van der Waals surface area contributed by atoms with Gasteiger partial charge in [0.25, 0.3) is 0 Å². The van der Waals surface area contributed by atoms with Gasteiger partial charge in [0.2, 0.25) is 0 Å². The van der Waals surface area contributed by atoms with Crippen LogP contribution in [0.1, 0.15) is 29.6 Å². The van der Waals surface area contributed by atoms with Gasteiger partial charge >= 0.3 is 5.97 Å². The number of benzene rings is 1. The van der Waals surface area contributed by atoms with Crippen molar-refractivity contribution in [1.82, 2.24) is 4.98 Å². The van der Waals surface area contributed by atoms with Crippen LogP contribution in [0.2, 0.25) is 0 Å². The maximum Gasteiger partial charge on any atom is 0.337 e. The number of pyridine rings is 1. The lowest BCUT2D eigenvalue weighted by atomic mass is 9.94. The Kier molecular flexibility index (Phi) is 7.71. The number of hydrogen-bond acceptors (Lipinski definition) is 5. The van der Waals surface area contributed by atoms with E-state index in [4.69, 9.17) is 0 Å². The van der Waals surface area contributed by atoms with E-state index in [0.717, 1.165) is 36.2 Å². The monoisotopic (exact) mass is 432 g/mol. The number of carbonyl (C=O) groups is 1. The van der Waals surface area contributed by atoms with E-state index in [0.29, 0.717) is 12.2 Å². The molecule has 0 aliphatic heterocycles. The molecule has 1 aromatic carbocycles. The normalized spacial score (nSPS) is 19.0. The summed E-state index contributed by atoms with van der Waals surface area (Å²) in [4.78, 5) is 19.8. The van der Waals surface area contributed by atoms with Crippen LogP contribution in [0.4, 0.5) is 17.1 Å². The molecule has 3 rings (SSSR count). The number of aromatic nitrogens is 1. The van der Waals surface area contributed by atoms with Crippen LogP contribution in [0, 0.1) is 5.92 Å². The maximum absolute atomic E-state index is 11.4. The molecule has 1 aromatic heterocycles. The molecule has 1 atom stereocenters. The fraction of sp³-hybridized carbons (Fsp3) is 0.308. The Morgan fingerprint density at radius 2 is 1.88 bits per heavy atom. The van der Waals surface area contributed by atoms with Crippen molar-refractivity contribution in [1.29, 1.82) is 0 Å². The second-order valence-corrected chi connectivity index (χ2v) is 8.24. The van der Waals surface area contributed by atoms with Crippen molar-refractivity contribution in [2.75, 3.05) is 42.8 Å². The second-order valence-electron chi connectivity index (χ2n) is 8.24. The zero-order valence-electron chi connectivity index (χ0n) is 19.1. The standard InChI is InChI=1S/C26H32N4O2/c1-19-9-10-22(30(4)23-13-11-21(12-14-23)29(2)3)8-6-5-7-20(19)17-28-25-18-27-16-15-24(25)26(31)32/h8-16,18,20,28H,1,5-7,17H2,2-4H3,(H,31,32)/b10-9-,22-8+/t20-/m1/s1. The molecule has 6 heteroatoms. The van der Waals surface area contributed by atoms with Crippen LogP contribution in [0.25, 0.3) is 0 Å². The van der Waals surface area contributed by atoms with Gasteiger partial charge in [-0.05, 0) is 55.7 Å². The van der Waals surface area contributed by atoms with E-state index in [-0.39, 0.29) is 11.5 Å². The van der Waals surface area contributed by atoms with Crippen LogP contribution < -0.4 is 15.1 Å². The Bertz CT molecular complexity index is 1010. The molecular weight excluding hydrogens is 400 g/mol. The summed E-state index contributed by atoms with van der Waals surface area (Å²) in [5.74, 6) is -0.746. The van der Waals surface area contributed by atoms with Gasteiger partial charge in [0.15, 0.2) is 0 Å². The molecule has 168 valence electrons. The van der Waals surface area contributed by atoms with Gasteiger partial charge in [-0.3, -0.25) is 4.98 Å². The molecule has 0 saturated carbocycles. The lowest BCUT2D eigenvalue weighted by Gasteiger charge is -2.22. The zero-order chi connectivity index (χ0) is 23.1. The van der Waals surface area contributed by atoms with Crippen molar-refractivity contribution in [2.24, 2.45) is 5.92 Å². The van der Waals surface area contributed by atoms with E-state index in [9.17, 15) is 9.90 Å². The summed E-state index contributed by atoms with van der Waals surface area (Å²) in [5, 5.41) is 12.6. The van der Waals surface area contributed by atoms with E-state index in [1.807, 2.05) is 14.1 Å². The van der Waals surface area contributed by atoms with Gasteiger partial charge in [-0.1, -0.05) is 24.3 Å². The van der Waals surface area contributed by atoms with E-state index >= 15 is 0 Å². The van der Waals surface area contributed by atoms with E-state index in [1.165, 1.54) is 18.0 Å². The van der Waals surface area contributed by atoms with Crippen molar-refractivity contribution in [2.45, 2.75) is 19.3 Å². The Morgan fingerprint density at radius 3 is 2.56 bits per heavy atom. The first-order valence-electron chi connectivity index (χ1n) is 10.9. The number of carboxylic acids is 1. The van der Waals surface area contributed by atoms with Gasteiger partial charge in [-0.15, -0.1) is 0 Å². The summed E-state index contributed by atoms with van der Waals surface area (Å²) in [6.45, 7) is 4.91. The second kappa shape index (κ2) is 10.7. The molecule has 0 bridgehead atoms. The summed E-state index contributed by atoms with van der Waals surface area (Å²) in [7, 11) is 6.16. The van der Waals surface area contributed by atoms with Crippen molar-refractivity contribution >= 4 is 23.0 Å². The third-order valence-corrected chi connectivity index (χ3v) is 5.83. The highest BCUT2D eigenvalue weighted by Crippen LogP contribution is 2.26. The Labute approximate surface area is 190 Å². The smallest absolute Gasteiger partial charge is 0.337 e. The number of hydrogen-bond donors (Lipinski definition) is 2. The van der Waals surface area contributed by atoms with Crippen LogP contribution in [0.15, 0.2) is 78.8 Å². The Morgan fingerprint density at radius 1 is 1.16 bits per heavy atom. The Hall–Kier alpha value is -3.54. The van der Waals surface area contributed by atoms with Crippen molar-refractivity contribution in [3.05, 3.63) is 84.4 Å². The van der Waals surface area contributed by atoms with Gasteiger partial charge in [-0.2, -0.15) is 0 Å². The molecule has 6 nitrogen and oxygen atoms in total. The first kappa shape index (κ1) is 23.1. The fourth-order valence-corrected chi connectivity index (χ4v) is 3.76. The van der Waals surface area contributed by atoms with Crippen LogP contribution in [0.3, 0.4) is 0 Å². The highest BCUT2D eigenvalue weighted by atomic mass is 16.4. The molecule has 0 fully saturated rings. The highest BCUT2D eigenvalue weighted by molar-refractivity contribution is 5.93. The summed E-state index contributed by atoms with van der Waals surface area (Å²) in [6.07, 6.45) is 12.5. The first-order valence-corrected chi connectivity index (χ1v) is 10.9. The highest BCUT2D eigenvalue weighted by Gasteiger charge is 2.16. The molecule has 0 spiro atoms. The third kappa shape index (κ3) is 5.78. The predicted octanol–water partition coefficient (Wildman–Crippen LogP) is 5.19. The van der Waals surface area contributed by atoms with Crippen molar-refractivity contribution in [3.8, 4) is 0 Å². The van der Waals surface area contributed by atoms with Gasteiger partial charge in [0.05, 0.1) is 17.4 Å². The number of nitrogens with zero attached hydrogens (tertiary/aromatic N) is 3. The average molecular weight is 433 g/mol. The molecule has 32 heavy (non-hydrogen) atoms. The van der Waals surface area contributed by atoms with Crippen LogP contribution in [0.5, 0.6) is 0 Å². The Balaban J connectivity index is 1.69. The number of rotatable bonds is 7. The number of allylic oxidation sites excluding steroid dienone is 3. The van der Waals surface area contributed by atoms with Gasteiger partial charge in [0, 0.05) is 56.9 Å². The number of likely N-dealkylation sites (N-methyl/N-ethyl adjacent to an activating group) is 1. The average Bonchev–Trinajstić information content (AvgIpc) is 2.88. The van der Waals surface area contributed by atoms with Crippen LogP contribution >= 0.6 is 0 Å². The minimum Gasteiger partial charge on any atom is -0.478 e. The summed E-state index contributed by atoms with van der Waals surface area (Å²) < 4.78 is 0. The number of anilines is 3. The molecule has 0 saturated heterocycles. The minimum absolute atomic E-state index is 0.213. The topological polar surface area (TPSA) is 68.7 Å². The molecule has 2 aromatic rings. The van der Waals surface area contributed by atoms with Crippen molar-refractivity contribution in [3.63, 3.8) is 0 Å². The van der Waals surface area contributed by atoms with Crippen LogP contribution in [-0.4, -0.2) is 43.7 Å². The third-order valence-electron chi connectivity index (χ3n) is 5.83. The van der Waals surface area contributed by atoms with Crippen LogP contribution in [-0.2, 0) is 0 Å². The molecular formula is C26H32N4O2. The number of carboxylic acid groups (broad SMARTS) is 1. The van der Waals surface area contributed by atoms with Crippen molar-refractivity contribution < 1.29 is 9.90 Å². The summed E-state index contributed by atoms with van der Waals surface area (Å²) >= 11 is 0. The zero-order valence-corrected chi connectivity index (χ0v) is 19.1. The predicted molar refractivity (Wildman–Crippen MR) is 133 cm³/mol. The largest absolute Gasteiger partial charge is 0.478 e. The lowest BCUT2D eigenvalue weighted by molar-refractivity contribution is 0.0697. The molecule has 2 N–H and O–H groups in total. The number of nitrogens with one attached hydrogen (secondary N) is 1. The van der Waals surface area contributed by atoms with Gasteiger partial charge < -0.3 is 20.2 Å². The number of aromatic carboxylic acids is 1. The lowest BCUT2D eigenvalue weighted by Crippen LogP contribution is -2.17. The quantitative estimate of drug-likeness (QED) is 0.628. The maximum atomic E-state index is 11.4. The van der Waals surface area contributed by atoms with Gasteiger partial charge in [0.1, 0.15) is 0 Å². The van der Waals surface area contributed by atoms with E-state index < -0.39 is 5.97 Å². The summed E-state index contributed by atoms with van der Waals surface area (Å²) in [5.41, 5.74) is 5.24. The van der Waals surface area contributed by atoms with E-state index in [2.05, 4.69) is 76.2 Å². The molecule has 0 unspecified atom stereocenters. The minimum atomic E-state index is -0.960. The molecule has 1 aliphatic rings. The molecule has 1 heterocycles. The first-order chi connectivity index (χ1) is 15.4. The van der Waals surface area contributed by atoms with Gasteiger partial charge in [-0.25, -0.2) is 4.79 Å². The van der Waals surface area contributed by atoms with E-state index in [1.54, 1.807) is 6.20 Å². The molecule has 1 aliphatic carbocycles. The molecule has 0 radical (unpaired) electrons. The summed E-state index contributed by atoms with van der Waals surface area (Å²) in [6, 6.07) is 10.0. The fourth-order valence-electron chi connectivity index (χ4n) is 3.76. The molecule has 0 amide bonds.